The maximum absolute atomic E-state index is 11.9. The van der Waals surface area contributed by atoms with E-state index < -0.39 is 0 Å². The van der Waals surface area contributed by atoms with Crippen molar-refractivity contribution in [3.8, 4) is 6.07 Å². The van der Waals surface area contributed by atoms with Crippen LogP contribution in [0.25, 0.3) is 0 Å². The SMILES string of the molecule is Cc1cc(C(=O)N(C)CC(C)C#N)ccn1. The Hall–Kier alpha value is -1.89. The molecule has 1 aromatic rings. The van der Waals surface area contributed by atoms with Crippen LogP contribution in [0.3, 0.4) is 0 Å². The molecule has 1 rings (SSSR count). The zero-order valence-corrected chi connectivity index (χ0v) is 9.77. The van der Waals surface area contributed by atoms with Gasteiger partial charge in [-0.15, -0.1) is 0 Å². The molecule has 0 N–H and O–H groups in total. The highest BCUT2D eigenvalue weighted by Crippen LogP contribution is 2.06. The van der Waals surface area contributed by atoms with Crippen LogP contribution in [0.2, 0.25) is 0 Å². The first-order valence-electron chi connectivity index (χ1n) is 5.12. The summed E-state index contributed by atoms with van der Waals surface area (Å²) < 4.78 is 0. The molecule has 84 valence electrons. The maximum Gasteiger partial charge on any atom is 0.253 e. The molecular weight excluding hydrogens is 202 g/mol. The van der Waals surface area contributed by atoms with Gasteiger partial charge in [0.25, 0.3) is 5.91 Å². The van der Waals surface area contributed by atoms with E-state index >= 15 is 0 Å². The summed E-state index contributed by atoms with van der Waals surface area (Å²) in [6.07, 6.45) is 1.62. The van der Waals surface area contributed by atoms with Gasteiger partial charge in [0.2, 0.25) is 0 Å². The zero-order chi connectivity index (χ0) is 12.1. The second kappa shape index (κ2) is 5.26. The Balaban J connectivity index is 2.75. The lowest BCUT2D eigenvalue weighted by Crippen LogP contribution is -2.30. The molecule has 0 aromatic carbocycles. The van der Waals surface area contributed by atoms with E-state index in [2.05, 4.69) is 11.1 Å². The minimum absolute atomic E-state index is 0.0763. The van der Waals surface area contributed by atoms with Gasteiger partial charge in [-0.05, 0) is 26.0 Å². The number of hydrogen-bond donors (Lipinski definition) is 0. The molecule has 1 unspecified atom stereocenters. The van der Waals surface area contributed by atoms with Gasteiger partial charge < -0.3 is 4.90 Å². The number of aromatic nitrogens is 1. The molecule has 4 nitrogen and oxygen atoms in total. The lowest BCUT2D eigenvalue weighted by molar-refractivity contribution is 0.0785. The number of carbonyl (C=O) groups excluding carboxylic acids is 1. The molecule has 1 aromatic heterocycles. The van der Waals surface area contributed by atoms with E-state index in [1.807, 2.05) is 6.92 Å². The number of nitrogens with zero attached hydrogens (tertiary/aromatic N) is 3. The highest BCUT2D eigenvalue weighted by Gasteiger charge is 2.14. The Labute approximate surface area is 95.5 Å². The fourth-order valence-electron chi connectivity index (χ4n) is 1.43. The van der Waals surface area contributed by atoms with Gasteiger partial charge in [-0.3, -0.25) is 9.78 Å². The average Bonchev–Trinajstić information content (AvgIpc) is 2.27. The molecule has 0 aliphatic carbocycles. The maximum atomic E-state index is 11.9. The van der Waals surface area contributed by atoms with Crippen molar-refractivity contribution >= 4 is 5.91 Å². The zero-order valence-electron chi connectivity index (χ0n) is 9.77. The topological polar surface area (TPSA) is 57.0 Å². The Kier molecular flexibility index (Phi) is 4.01. The monoisotopic (exact) mass is 217 g/mol. The number of hydrogen-bond acceptors (Lipinski definition) is 3. The summed E-state index contributed by atoms with van der Waals surface area (Å²) >= 11 is 0. The van der Waals surface area contributed by atoms with Crippen LogP contribution in [-0.4, -0.2) is 29.4 Å². The smallest absolute Gasteiger partial charge is 0.253 e. The summed E-state index contributed by atoms with van der Waals surface area (Å²) in [4.78, 5) is 17.5. The summed E-state index contributed by atoms with van der Waals surface area (Å²) in [5.74, 6) is -0.232. The minimum atomic E-state index is -0.156. The summed E-state index contributed by atoms with van der Waals surface area (Å²) in [6.45, 7) is 4.08. The van der Waals surface area contributed by atoms with Crippen molar-refractivity contribution < 1.29 is 4.79 Å². The molecule has 0 spiro atoms. The number of nitriles is 1. The molecule has 0 saturated heterocycles. The molecule has 16 heavy (non-hydrogen) atoms. The van der Waals surface area contributed by atoms with Gasteiger partial charge in [-0.1, -0.05) is 0 Å². The fraction of sp³-hybridized carbons (Fsp3) is 0.417. The third kappa shape index (κ3) is 3.06. The van der Waals surface area contributed by atoms with Gasteiger partial charge in [-0.25, -0.2) is 0 Å². The predicted molar refractivity (Wildman–Crippen MR) is 60.7 cm³/mol. The molecule has 0 fully saturated rings. The molecule has 1 atom stereocenters. The Morgan fingerprint density at radius 3 is 2.94 bits per heavy atom. The molecular formula is C12H15N3O. The van der Waals surface area contributed by atoms with Crippen LogP contribution in [0.1, 0.15) is 23.0 Å². The third-order valence-corrected chi connectivity index (χ3v) is 2.26. The van der Waals surface area contributed by atoms with Gasteiger partial charge in [-0.2, -0.15) is 5.26 Å². The minimum Gasteiger partial charge on any atom is -0.340 e. The van der Waals surface area contributed by atoms with Gasteiger partial charge in [0.1, 0.15) is 0 Å². The highest BCUT2D eigenvalue weighted by atomic mass is 16.2. The van der Waals surface area contributed by atoms with Crippen molar-refractivity contribution in [3.63, 3.8) is 0 Å². The standard InChI is InChI=1S/C12H15N3O/c1-9(7-13)8-15(3)12(16)11-4-5-14-10(2)6-11/h4-6,9H,8H2,1-3H3. The molecule has 1 amide bonds. The number of aryl methyl sites for hydroxylation is 1. The van der Waals surface area contributed by atoms with Crippen LogP contribution in [0.5, 0.6) is 0 Å². The normalized spacial score (nSPS) is 11.6. The molecule has 0 radical (unpaired) electrons. The Morgan fingerprint density at radius 1 is 1.69 bits per heavy atom. The first-order valence-corrected chi connectivity index (χ1v) is 5.12. The van der Waals surface area contributed by atoms with Crippen LogP contribution in [0, 0.1) is 24.2 Å². The van der Waals surface area contributed by atoms with Crippen molar-refractivity contribution in [1.29, 1.82) is 5.26 Å². The van der Waals surface area contributed by atoms with E-state index in [1.54, 1.807) is 37.2 Å². The van der Waals surface area contributed by atoms with Crippen LogP contribution >= 0.6 is 0 Å². The Morgan fingerprint density at radius 2 is 2.38 bits per heavy atom. The largest absolute Gasteiger partial charge is 0.340 e. The summed E-state index contributed by atoms with van der Waals surface area (Å²) in [6, 6.07) is 5.54. The van der Waals surface area contributed by atoms with E-state index in [0.29, 0.717) is 12.1 Å². The summed E-state index contributed by atoms with van der Waals surface area (Å²) in [5.41, 5.74) is 1.42. The van der Waals surface area contributed by atoms with E-state index in [4.69, 9.17) is 5.26 Å². The van der Waals surface area contributed by atoms with Crippen molar-refractivity contribution in [2.75, 3.05) is 13.6 Å². The molecule has 0 aliphatic heterocycles. The fourth-order valence-corrected chi connectivity index (χ4v) is 1.43. The first kappa shape index (κ1) is 12.2. The van der Waals surface area contributed by atoms with Crippen molar-refractivity contribution in [2.45, 2.75) is 13.8 Å². The molecule has 0 aliphatic rings. The van der Waals surface area contributed by atoms with Gasteiger partial charge in [0, 0.05) is 31.0 Å². The van der Waals surface area contributed by atoms with Crippen molar-refractivity contribution in [1.82, 2.24) is 9.88 Å². The third-order valence-electron chi connectivity index (χ3n) is 2.26. The van der Waals surface area contributed by atoms with Crippen LogP contribution in [-0.2, 0) is 0 Å². The number of carbonyl (C=O) groups is 1. The van der Waals surface area contributed by atoms with E-state index in [9.17, 15) is 4.79 Å². The summed E-state index contributed by atoms with van der Waals surface area (Å²) in [7, 11) is 1.70. The second-order valence-corrected chi connectivity index (χ2v) is 3.90. The van der Waals surface area contributed by atoms with Crippen molar-refractivity contribution in [3.05, 3.63) is 29.6 Å². The second-order valence-electron chi connectivity index (χ2n) is 3.90. The quantitative estimate of drug-likeness (QED) is 0.773. The van der Waals surface area contributed by atoms with E-state index in [-0.39, 0.29) is 11.8 Å². The van der Waals surface area contributed by atoms with E-state index in [0.717, 1.165) is 5.69 Å². The van der Waals surface area contributed by atoms with Gasteiger partial charge >= 0.3 is 0 Å². The summed E-state index contributed by atoms with van der Waals surface area (Å²) in [5, 5.41) is 8.68. The number of amides is 1. The lowest BCUT2D eigenvalue weighted by Gasteiger charge is -2.18. The Bertz CT molecular complexity index is 423. The van der Waals surface area contributed by atoms with Crippen LogP contribution in [0.15, 0.2) is 18.3 Å². The van der Waals surface area contributed by atoms with Crippen molar-refractivity contribution in [2.24, 2.45) is 5.92 Å². The molecule has 0 bridgehead atoms. The molecule has 0 saturated carbocycles. The van der Waals surface area contributed by atoms with Crippen LogP contribution < -0.4 is 0 Å². The number of pyridine rings is 1. The van der Waals surface area contributed by atoms with E-state index in [1.165, 1.54) is 0 Å². The van der Waals surface area contributed by atoms with Crippen LogP contribution in [0.4, 0.5) is 0 Å². The molecule has 1 heterocycles. The number of rotatable bonds is 3. The average molecular weight is 217 g/mol. The molecule has 4 heteroatoms. The van der Waals surface area contributed by atoms with Gasteiger partial charge in [0.05, 0.1) is 12.0 Å². The highest BCUT2D eigenvalue weighted by molar-refractivity contribution is 5.94. The first-order chi connectivity index (χ1) is 7.54. The lowest BCUT2D eigenvalue weighted by atomic mass is 10.1. The predicted octanol–water partition coefficient (Wildman–Crippen LogP) is 1.62. The van der Waals surface area contributed by atoms with Gasteiger partial charge in [0.15, 0.2) is 0 Å².